The second-order valence-electron chi connectivity index (χ2n) is 4.11. The van der Waals surface area contributed by atoms with Gasteiger partial charge in [-0.2, -0.15) is 0 Å². The number of nitrogens with zero attached hydrogens (tertiary/aromatic N) is 1. The van der Waals surface area contributed by atoms with E-state index < -0.39 is 0 Å². The van der Waals surface area contributed by atoms with Crippen LogP contribution < -0.4 is 10.2 Å². The minimum atomic E-state index is -0.0424. The van der Waals surface area contributed by atoms with Gasteiger partial charge in [-0.15, -0.1) is 0 Å². The van der Waals surface area contributed by atoms with Crippen molar-refractivity contribution in [2.24, 2.45) is 0 Å². The number of hydrogen-bond donors (Lipinski definition) is 1. The Labute approximate surface area is 95.2 Å². The average molecular weight is 220 g/mol. The fourth-order valence-corrected chi connectivity index (χ4v) is 1.42. The molecule has 86 valence electrons. The molecule has 1 saturated heterocycles. The minimum absolute atomic E-state index is 0.0424. The number of ether oxygens (including phenoxy) is 1. The van der Waals surface area contributed by atoms with Crippen molar-refractivity contribution < 1.29 is 9.53 Å². The zero-order valence-corrected chi connectivity index (χ0v) is 9.56. The maximum atomic E-state index is 11.8. The van der Waals surface area contributed by atoms with Crippen LogP contribution in [0.5, 0.6) is 0 Å². The Morgan fingerprint density at radius 3 is 2.94 bits per heavy atom. The molecule has 0 radical (unpaired) electrons. The van der Waals surface area contributed by atoms with E-state index in [0.29, 0.717) is 12.1 Å². The van der Waals surface area contributed by atoms with E-state index >= 15 is 0 Å². The van der Waals surface area contributed by atoms with E-state index in [2.05, 4.69) is 5.32 Å². The van der Waals surface area contributed by atoms with E-state index in [1.54, 1.807) is 0 Å². The summed E-state index contributed by atoms with van der Waals surface area (Å²) in [6.07, 6.45) is 0.223. The SMILES string of the molecule is CN(C)c1cccc(C(=O)NCC2CO2)c1. The number of rotatable bonds is 4. The number of benzene rings is 1. The van der Waals surface area contributed by atoms with Crippen molar-refractivity contribution in [1.29, 1.82) is 0 Å². The summed E-state index contributed by atoms with van der Waals surface area (Å²) in [6.45, 7) is 1.36. The summed E-state index contributed by atoms with van der Waals surface area (Å²) in [4.78, 5) is 13.7. The van der Waals surface area contributed by atoms with E-state index in [4.69, 9.17) is 4.74 Å². The summed E-state index contributed by atoms with van der Waals surface area (Å²) >= 11 is 0. The summed E-state index contributed by atoms with van der Waals surface area (Å²) in [6, 6.07) is 7.55. The van der Waals surface area contributed by atoms with Gasteiger partial charge in [-0.3, -0.25) is 4.79 Å². The molecule has 1 unspecified atom stereocenters. The molecule has 4 heteroatoms. The number of amides is 1. The van der Waals surface area contributed by atoms with E-state index in [-0.39, 0.29) is 12.0 Å². The molecule has 1 N–H and O–H groups in total. The van der Waals surface area contributed by atoms with Gasteiger partial charge in [0, 0.05) is 31.9 Å². The second kappa shape index (κ2) is 4.53. The number of hydrogen-bond acceptors (Lipinski definition) is 3. The summed E-state index contributed by atoms with van der Waals surface area (Å²) in [7, 11) is 3.91. The monoisotopic (exact) mass is 220 g/mol. The van der Waals surface area contributed by atoms with Crippen molar-refractivity contribution in [3.05, 3.63) is 29.8 Å². The van der Waals surface area contributed by atoms with Crippen LogP contribution in [0.2, 0.25) is 0 Å². The van der Waals surface area contributed by atoms with Gasteiger partial charge in [-0.25, -0.2) is 0 Å². The normalized spacial score (nSPS) is 18.0. The van der Waals surface area contributed by atoms with Gasteiger partial charge in [0.15, 0.2) is 0 Å². The zero-order chi connectivity index (χ0) is 11.5. The van der Waals surface area contributed by atoms with Crippen LogP contribution >= 0.6 is 0 Å². The molecule has 1 aliphatic heterocycles. The Hall–Kier alpha value is -1.55. The predicted molar refractivity (Wildman–Crippen MR) is 62.8 cm³/mol. The van der Waals surface area contributed by atoms with Crippen LogP contribution in [0, 0.1) is 0 Å². The quantitative estimate of drug-likeness (QED) is 0.766. The summed E-state index contributed by atoms with van der Waals surface area (Å²) in [5.41, 5.74) is 1.71. The van der Waals surface area contributed by atoms with Crippen LogP contribution in [0.4, 0.5) is 5.69 Å². The summed E-state index contributed by atoms with van der Waals surface area (Å²) < 4.78 is 5.03. The topological polar surface area (TPSA) is 44.9 Å². The number of anilines is 1. The zero-order valence-electron chi connectivity index (χ0n) is 9.56. The Morgan fingerprint density at radius 2 is 2.31 bits per heavy atom. The Bertz CT molecular complexity index is 386. The fraction of sp³-hybridized carbons (Fsp3) is 0.417. The van der Waals surface area contributed by atoms with Gasteiger partial charge in [0.1, 0.15) is 0 Å². The molecule has 4 nitrogen and oxygen atoms in total. The third-order valence-electron chi connectivity index (χ3n) is 2.52. The van der Waals surface area contributed by atoms with Crippen molar-refractivity contribution in [3.8, 4) is 0 Å². The lowest BCUT2D eigenvalue weighted by molar-refractivity contribution is 0.0950. The van der Waals surface area contributed by atoms with E-state index in [1.807, 2.05) is 43.3 Å². The Balaban J connectivity index is 2.00. The van der Waals surface area contributed by atoms with Crippen molar-refractivity contribution >= 4 is 11.6 Å². The first-order chi connectivity index (χ1) is 7.66. The third kappa shape index (κ3) is 2.73. The first kappa shape index (κ1) is 11.0. The smallest absolute Gasteiger partial charge is 0.251 e. The van der Waals surface area contributed by atoms with Crippen LogP contribution in [0.15, 0.2) is 24.3 Å². The molecule has 1 aliphatic rings. The molecule has 1 atom stereocenters. The Morgan fingerprint density at radius 1 is 1.56 bits per heavy atom. The van der Waals surface area contributed by atoms with Gasteiger partial charge < -0.3 is 15.0 Å². The molecule has 0 saturated carbocycles. The van der Waals surface area contributed by atoms with Crippen LogP contribution in [-0.4, -0.2) is 39.3 Å². The molecular formula is C12H16N2O2. The first-order valence-corrected chi connectivity index (χ1v) is 5.34. The maximum absolute atomic E-state index is 11.8. The second-order valence-corrected chi connectivity index (χ2v) is 4.11. The van der Waals surface area contributed by atoms with Crippen LogP contribution in [-0.2, 0) is 4.74 Å². The number of carbonyl (C=O) groups excluding carboxylic acids is 1. The molecule has 1 amide bonds. The third-order valence-corrected chi connectivity index (χ3v) is 2.52. The lowest BCUT2D eigenvalue weighted by atomic mass is 10.2. The number of carbonyl (C=O) groups is 1. The van der Waals surface area contributed by atoms with Crippen LogP contribution in [0.25, 0.3) is 0 Å². The van der Waals surface area contributed by atoms with E-state index in [9.17, 15) is 4.79 Å². The van der Waals surface area contributed by atoms with Crippen molar-refractivity contribution in [3.63, 3.8) is 0 Å². The molecule has 1 aromatic rings. The van der Waals surface area contributed by atoms with Crippen molar-refractivity contribution in [2.45, 2.75) is 6.10 Å². The average Bonchev–Trinajstić information content (AvgIpc) is 3.10. The van der Waals surface area contributed by atoms with Gasteiger partial charge in [-0.05, 0) is 18.2 Å². The van der Waals surface area contributed by atoms with Crippen LogP contribution in [0.1, 0.15) is 10.4 Å². The molecule has 16 heavy (non-hydrogen) atoms. The van der Waals surface area contributed by atoms with Gasteiger partial charge in [0.2, 0.25) is 0 Å². The predicted octanol–water partition coefficient (Wildman–Crippen LogP) is 0.881. The van der Waals surface area contributed by atoms with Gasteiger partial charge >= 0.3 is 0 Å². The molecule has 0 spiro atoms. The highest BCUT2D eigenvalue weighted by molar-refractivity contribution is 5.95. The van der Waals surface area contributed by atoms with Crippen molar-refractivity contribution in [1.82, 2.24) is 5.32 Å². The highest BCUT2D eigenvalue weighted by Crippen LogP contribution is 2.13. The largest absolute Gasteiger partial charge is 0.378 e. The molecule has 0 aromatic heterocycles. The highest BCUT2D eigenvalue weighted by atomic mass is 16.6. The molecule has 1 fully saturated rings. The van der Waals surface area contributed by atoms with E-state index in [1.165, 1.54) is 0 Å². The van der Waals surface area contributed by atoms with E-state index in [0.717, 1.165) is 12.3 Å². The molecule has 2 rings (SSSR count). The highest BCUT2D eigenvalue weighted by Gasteiger charge is 2.22. The van der Waals surface area contributed by atoms with Gasteiger partial charge in [0.05, 0.1) is 12.7 Å². The first-order valence-electron chi connectivity index (χ1n) is 5.34. The standard InChI is InChI=1S/C12H16N2O2/c1-14(2)10-5-3-4-9(6-10)12(15)13-7-11-8-16-11/h3-6,11H,7-8H2,1-2H3,(H,13,15). The number of nitrogens with one attached hydrogen (secondary N) is 1. The molecule has 0 aliphatic carbocycles. The molecule has 0 bridgehead atoms. The fourth-order valence-electron chi connectivity index (χ4n) is 1.42. The maximum Gasteiger partial charge on any atom is 0.251 e. The van der Waals surface area contributed by atoms with Gasteiger partial charge in [-0.1, -0.05) is 6.07 Å². The molecule has 1 heterocycles. The molecular weight excluding hydrogens is 204 g/mol. The minimum Gasteiger partial charge on any atom is -0.378 e. The molecule has 1 aromatic carbocycles. The summed E-state index contributed by atoms with van der Waals surface area (Å²) in [5.74, 6) is -0.0424. The lowest BCUT2D eigenvalue weighted by Gasteiger charge is -2.13. The summed E-state index contributed by atoms with van der Waals surface area (Å²) in [5, 5.41) is 2.84. The number of epoxide rings is 1. The van der Waals surface area contributed by atoms with Crippen molar-refractivity contribution in [2.75, 3.05) is 32.1 Å². The van der Waals surface area contributed by atoms with Gasteiger partial charge in [0.25, 0.3) is 5.91 Å². The van der Waals surface area contributed by atoms with Crippen LogP contribution in [0.3, 0.4) is 0 Å². The lowest BCUT2D eigenvalue weighted by Crippen LogP contribution is -2.27. The Kier molecular flexibility index (Phi) is 3.10.